The van der Waals surface area contributed by atoms with Gasteiger partial charge in [0, 0.05) is 28.5 Å². The molecule has 0 saturated carbocycles. The minimum Gasteiger partial charge on any atom is -0.369 e. The Hall–Kier alpha value is -3.18. The Morgan fingerprint density at radius 2 is 1.97 bits per heavy atom. The molecule has 5 rings (SSSR count). The second kappa shape index (κ2) is 7.68. The average molecular weight is 399 g/mol. The maximum Gasteiger partial charge on any atom is 0.147 e. The van der Waals surface area contributed by atoms with Crippen LogP contribution in [0.25, 0.3) is 31.6 Å². The van der Waals surface area contributed by atoms with Crippen molar-refractivity contribution in [3.63, 3.8) is 0 Å². The van der Waals surface area contributed by atoms with Crippen molar-refractivity contribution >= 4 is 38.3 Å². The van der Waals surface area contributed by atoms with Gasteiger partial charge >= 0.3 is 0 Å². The third kappa shape index (κ3) is 3.61. The maximum atomic E-state index is 4.50. The van der Waals surface area contributed by atoms with E-state index in [4.69, 9.17) is 0 Å². The van der Waals surface area contributed by atoms with E-state index in [0.29, 0.717) is 0 Å². The molecule has 0 aliphatic carbocycles. The van der Waals surface area contributed by atoms with Gasteiger partial charge in [0.2, 0.25) is 0 Å². The lowest BCUT2D eigenvalue weighted by Crippen LogP contribution is -2.04. The summed E-state index contributed by atoms with van der Waals surface area (Å²) in [6, 6.07) is 19.2. The Balaban J connectivity index is 1.30. The van der Waals surface area contributed by atoms with Gasteiger partial charge in [0.25, 0.3) is 0 Å². The first-order valence-electron chi connectivity index (χ1n) is 9.88. The summed E-state index contributed by atoms with van der Waals surface area (Å²) in [5.41, 5.74) is 6.07. The highest BCUT2D eigenvalue weighted by atomic mass is 32.1. The second-order valence-electron chi connectivity index (χ2n) is 7.31. The molecule has 29 heavy (non-hydrogen) atoms. The highest BCUT2D eigenvalue weighted by molar-refractivity contribution is 7.22. The summed E-state index contributed by atoms with van der Waals surface area (Å²) in [4.78, 5) is 13.5. The summed E-state index contributed by atoms with van der Waals surface area (Å²) in [5.74, 6) is 0.929. The average Bonchev–Trinajstić information content (AvgIpc) is 3.36. The van der Waals surface area contributed by atoms with Crippen LogP contribution in [0, 0.1) is 6.92 Å². The quantitative estimate of drug-likeness (QED) is 0.335. The first-order valence-corrected chi connectivity index (χ1v) is 10.7. The van der Waals surface area contributed by atoms with Crippen molar-refractivity contribution in [3.05, 3.63) is 78.2 Å². The van der Waals surface area contributed by atoms with Gasteiger partial charge in [0.1, 0.15) is 12.1 Å². The van der Waals surface area contributed by atoms with E-state index in [-0.39, 0.29) is 0 Å². The summed E-state index contributed by atoms with van der Waals surface area (Å²) in [7, 11) is 0. The predicted molar refractivity (Wildman–Crippen MR) is 123 cm³/mol. The smallest absolute Gasteiger partial charge is 0.147 e. The number of aromatic amines is 1. The van der Waals surface area contributed by atoms with E-state index in [9.17, 15) is 0 Å². The monoisotopic (exact) mass is 398 g/mol. The highest BCUT2D eigenvalue weighted by Gasteiger charge is 2.10. The van der Waals surface area contributed by atoms with Crippen LogP contribution in [0.3, 0.4) is 0 Å². The lowest BCUT2D eigenvalue weighted by molar-refractivity contribution is 0.864. The summed E-state index contributed by atoms with van der Waals surface area (Å²) < 4.78 is 1.12. The van der Waals surface area contributed by atoms with Crippen LogP contribution in [-0.4, -0.2) is 21.5 Å². The molecule has 0 radical (unpaired) electrons. The molecule has 0 aliphatic rings. The minimum absolute atomic E-state index is 0.878. The zero-order valence-electron chi connectivity index (χ0n) is 16.3. The van der Waals surface area contributed by atoms with Crippen molar-refractivity contribution in [1.82, 2.24) is 15.0 Å². The predicted octanol–water partition coefficient (Wildman–Crippen LogP) is 6.19. The van der Waals surface area contributed by atoms with Crippen LogP contribution in [0.15, 0.2) is 67.1 Å². The van der Waals surface area contributed by atoms with E-state index in [1.807, 2.05) is 0 Å². The van der Waals surface area contributed by atoms with Gasteiger partial charge < -0.3 is 10.3 Å². The SMILES string of the molecule is Cc1cccc(-c2cc3ncnc(NCCCc4c[nH]c5ccccc45)c3s2)c1. The Bertz CT molecular complexity index is 1280. The Morgan fingerprint density at radius 1 is 1.03 bits per heavy atom. The van der Waals surface area contributed by atoms with E-state index in [1.54, 1.807) is 17.7 Å². The Kier molecular flexibility index (Phi) is 4.74. The van der Waals surface area contributed by atoms with E-state index >= 15 is 0 Å². The second-order valence-corrected chi connectivity index (χ2v) is 8.36. The van der Waals surface area contributed by atoms with E-state index < -0.39 is 0 Å². The number of fused-ring (bicyclic) bond motifs is 2. The lowest BCUT2D eigenvalue weighted by Gasteiger charge is -2.06. The molecule has 144 valence electrons. The first kappa shape index (κ1) is 17.9. The molecule has 0 spiro atoms. The van der Waals surface area contributed by atoms with Crippen LogP contribution in [0.4, 0.5) is 5.82 Å². The van der Waals surface area contributed by atoms with Crippen molar-refractivity contribution in [2.75, 3.05) is 11.9 Å². The van der Waals surface area contributed by atoms with Crippen molar-refractivity contribution in [3.8, 4) is 10.4 Å². The molecule has 2 aromatic carbocycles. The third-order valence-electron chi connectivity index (χ3n) is 5.20. The number of anilines is 1. The number of hydrogen-bond acceptors (Lipinski definition) is 4. The number of rotatable bonds is 6. The number of nitrogens with one attached hydrogen (secondary N) is 2. The van der Waals surface area contributed by atoms with Gasteiger partial charge in [-0.05, 0) is 43.0 Å². The number of aryl methyl sites for hydroxylation is 2. The van der Waals surface area contributed by atoms with Crippen molar-refractivity contribution in [1.29, 1.82) is 0 Å². The van der Waals surface area contributed by atoms with Gasteiger partial charge in [0.05, 0.1) is 10.2 Å². The Labute approximate surface area is 173 Å². The molecule has 0 amide bonds. The molecular weight excluding hydrogens is 376 g/mol. The fraction of sp³-hybridized carbons (Fsp3) is 0.167. The molecule has 0 aliphatic heterocycles. The van der Waals surface area contributed by atoms with Crippen LogP contribution < -0.4 is 5.32 Å². The number of hydrogen-bond donors (Lipinski definition) is 2. The molecule has 0 fully saturated rings. The summed E-state index contributed by atoms with van der Waals surface area (Å²) in [6.45, 7) is 3.00. The van der Waals surface area contributed by atoms with Crippen LogP contribution in [-0.2, 0) is 6.42 Å². The Morgan fingerprint density at radius 3 is 2.90 bits per heavy atom. The molecule has 0 atom stereocenters. The van der Waals surface area contributed by atoms with Crippen LogP contribution in [0.5, 0.6) is 0 Å². The van der Waals surface area contributed by atoms with Gasteiger partial charge in [0.15, 0.2) is 0 Å². The number of para-hydroxylation sites is 1. The molecular formula is C24H22N4S. The van der Waals surface area contributed by atoms with Gasteiger partial charge in [-0.15, -0.1) is 11.3 Å². The van der Waals surface area contributed by atoms with Crippen LogP contribution in [0.1, 0.15) is 17.5 Å². The molecule has 0 saturated heterocycles. The summed E-state index contributed by atoms with van der Waals surface area (Å²) >= 11 is 1.75. The highest BCUT2D eigenvalue weighted by Crippen LogP contribution is 2.35. The normalized spacial score (nSPS) is 11.3. The van der Waals surface area contributed by atoms with Gasteiger partial charge in [-0.2, -0.15) is 0 Å². The number of thiophene rings is 1. The fourth-order valence-electron chi connectivity index (χ4n) is 3.74. The zero-order chi connectivity index (χ0) is 19.6. The largest absolute Gasteiger partial charge is 0.369 e. The molecule has 2 N–H and O–H groups in total. The zero-order valence-corrected chi connectivity index (χ0v) is 17.1. The number of aromatic nitrogens is 3. The first-order chi connectivity index (χ1) is 14.3. The van der Waals surface area contributed by atoms with Gasteiger partial charge in [-0.25, -0.2) is 9.97 Å². The maximum absolute atomic E-state index is 4.50. The summed E-state index contributed by atoms with van der Waals surface area (Å²) in [6.07, 6.45) is 5.85. The van der Waals surface area contributed by atoms with Crippen LogP contribution in [0.2, 0.25) is 0 Å². The molecule has 3 heterocycles. The van der Waals surface area contributed by atoms with Gasteiger partial charge in [-0.1, -0.05) is 48.0 Å². The topological polar surface area (TPSA) is 53.6 Å². The standard InChI is InChI=1S/C24H22N4S/c1-16-6-4-7-17(12-16)22-13-21-23(29-22)24(28-15-27-21)25-11-5-8-18-14-26-20-10-3-2-9-19(18)20/h2-4,6-7,9-10,12-15,26H,5,8,11H2,1H3,(H,25,27,28). The number of nitrogens with zero attached hydrogens (tertiary/aromatic N) is 2. The minimum atomic E-state index is 0.878. The molecule has 4 nitrogen and oxygen atoms in total. The lowest BCUT2D eigenvalue weighted by atomic mass is 10.1. The molecule has 0 unspecified atom stereocenters. The number of benzene rings is 2. The molecule has 0 bridgehead atoms. The third-order valence-corrected chi connectivity index (χ3v) is 6.38. The van der Waals surface area contributed by atoms with E-state index in [1.165, 1.54) is 32.5 Å². The van der Waals surface area contributed by atoms with E-state index in [0.717, 1.165) is 35.4 Å². The van der Waals surface area contributed by atoms with Gasteiger partial charge in [-0.3, -0.25) is 0 Å². The summed E-state index contributed by atoms with van der Waals surface area (Å²) in [5, 5.41) is 4.84. The van der Waals surface area contributed by atoms with E-state index in [2.05, 4.69) is 88.0 Å². The van der Waals surface area contributed by atoms with Crippen molar-refractivity contribution in [2.45, 2.75) is 19.8 Å². The molecule has 3 aromatic heterocycles. The van der Waals surface area contributed by atoms with Crippen LogP contribution >= 0.6 is 11.3 Å². The van der Waals surface area contributed by atoms with Crippen molar-refractivity contribution < 1.29 is 0 Å². The molecule has 5 aromatic rings. The number of H-pyrrole nitrogens is 1. The molecule has 5 heteroatoms. The van der Waals surface area contributed by atoms with Crippen molar-refractivity contribution in [2.24, 2.45) is 0 Å². The fourth-order valence-corrected chi connectivity index (χ4v) is 4.82.